The number of hydrogen-bond acceptors (Lipinski definition) is 4. The van der Waals surface area contributed by atoms with Gasteiger partial charge in [0.05, 0.1) is 5.56 Å². The molecule has 0 saturated carbocycles. The van der Waals surface area contributed by atoms with Crippen LogP contribution in [0.2, 0.25) is 0 Å². The van der Waals surface area contributed by atoms with E-state index in [4.69, 9.17) is 9.84 Å². The van der Waals surface area contributed by atoms with Crippen molar-refractivity contribution >= 4 is 5.97 Å². The van der Waals surface area contributed by atoms with Crippen molar-refractivity contribution in [1.82, 2.24) is 15.0 Å². The van der Waals surface area contributed by atoms with Crippen molar-refractivity contribution in [2.75, 3.05) is 0 Å². The quantitative estimate of drug-likeness (QED) is 0.937. The Balaban J connectivity index is 2.34. The van der Waals surface area contributed by atoms with Gasteiger partial charge in [0.1, 0.15) is 5.75 Å². The first-order valence-corrected chi connectivity index (χ1v) is 5.27. The van der Waals surface area contributed by atoms with Crippen molar-refractivity contribution in [2.45, 2.75) is 6.18 Å². The van der Waals surface area contributed by atoms with E-state index in [1.54, 1.807) is 0 Å². The average molecular weight is 287 g/mol. The number of benzene rings is 1. The number of hydrogen-bond donors (Lipinski definition) is 1. The summed E-state index contributed by atoms with van der Waals surface area (Å²) in [5.41, 5.74) is -1.27. The van der Waals surface area contributed by atoms with E-state index in [1.165, 1.54) is 13.1 Å². The molecule has 0 fully saturated rings. The summed E-state index contributed by atoms with van der Waals surface area (Å²) in [6, 6.07) is 4.03. The zero-order valence-electron chi connectivity index (χ0n) is 10.0. The van der Waals surface area contributed by atoms with Crippen LogP contribution in [-0.4, -0.2) is 26.1 Å². The molecule has 106 valence electrons. The molecule has 0 aliphatic heterocycles. The molecule has 1 heterocycles. The molecule has 2 aromatic rings. The van der Waals surface area contributed by atoms with Gasteiger partial charge in [-0.05, 0) is 18.2 Å². The lowest BCUT2D eigenvalue weighted by Crippen LogP contribution is -2.07. The number of aromatic nitrogens is 3. The summed E-state index contributed by atoms with van der Waals surface area (Å²) < 4.78 is 43.6. The van der Waals surface area contributed by atoms with Crippen molar-refractivity contribution in [2.24, 2.45) is 7.05 Å². The van der Waals surface area contributed by atoms with Gasteiger partial charge in [0.2, 0.25) is 5.69 Å². The number of carboxylic acid groups (broad SMARTS) is 1. The zero-order valence-corrected chi connectivity index (χ0v) is 10.0. The predicted octanol–water partition coefficient (Wildman–Crippen LogP) is 2.32. The first kappa shape index (κ1) is 13.8. The number of aromatic carboxylic acids is 1. The molecule has 1 N–H and O–H groups in total. The number of aryl methyl sites for hydroxylation is 1. The summed E-state index contributed by atoms with van der Waals surface area (Å²) in [4.78, 5) is 11.0. The normalized spacial score (nSPS) is 11.4. The summed E-state index contributed by atoms with van der Waals surface area (Å²) >= 11 is 0. The van der Waals surface area contributed by atoms with E-state index in [9.17, 15) is 18.0 Å². The topological polar surface area (TPSA) is 77.2 Å². The summed E-state index contributed by atoms with van der Waals surface area (Å²) in [5.74, 6) is -1.90. The van der Waals surface area contributed by atoms with Crippen LogP contribution < -0.4 is 4.74 Å². The first-order valence-electron chi connectivity index (χ1n) is 5.27. The van der Waals surface area contributed by atoms with Crippen LogP contribution in [0.1, 0.15) is 16.1 Å². The minimum atomic E-state index is -4.52. The number of halogens is 3. The minimum absolute atomic E-state index is 0.178. The second-order valence-electron chi connectivity index (χ2n) is 3.80. The van der Waals surface area contributed by atoms with Crippen LogP contribution in [-0.2, 0) is 13.2 Å². The van der Waals surface area contributed by atoms with Crippen molar-refractivity contribution in [1.29, 1.82) is 0 Å². The van der Waals surface area contributed by atoms with E-state index in [0.717, 1.165) is 22.9 Å². The van der Waals surface area contributed by atoms with E-state index in [-0.39, 0.29) is 17.3 Å². The van der Waals surface area contributed by atoms with Crippen LogP contribution in [0.25, 0.3) is 0 Å². The van der Waals surface area contributed by atoms with E-state index in [1.807, 2.05) is 0 Å². The van der Waals surface area contributed by atoms with Gasteiger partial charge in [-0.3, -0.25) is 0 Å². The number of carbonyl (C=O) groups is 1. The molecule has 2 rings (SSSR count). The molecule has 0 unspecified atom stereocenters. The van der Waals surface area contributed by atoms with E-state index in [0.29, 0.717) is 0 Å². The monoisotopic (exact) mass is 287 g/mol. The fourth-order valence-electron chi connectivity index (χ4n) is 1.48. The lowest BCUT2D eigenvalue weighted by molar-refractivity contribution is -0.137. The van der Waals surface area contributed by atoms with Crippen LogP contribution in [0.15, 0.2) is 24.3 Å². The highest BCUT2D eigenvalue weighted by atomic mass is 19.4. The third kappa shape index (κ3) is 2.71. The number of alkyl halides is 3. The van der Waals surface area contributed by atoms with Gasteiger partial charge in [0.25, 0.3) is 5.88 Å². The van der Waals surface area contributed by atoms with Crippen molar-refractivity contribution < 1.29 is 27.8 Å². The maximum Gasteiger partial charge on any atom is 0.416 e. The van der Waals surface area contributed by atoms with Crippen LogP contribution in [0.5, 0.6) is 11.6 Å². The van der Waals surface area contributed by atoms with Crippen LogP contribution in [0.4, 0.5) is 13.2 Å². The second kappa shape index (κ2) is 4.83. The smallest absolute Gasteiger partial charge is 0.416 e. The van der Waals surface area contributed by atoms with Crippen molar-refractivity contribution in [3.63, 3.8) is 0 Å². The van der Waals surface area contributed by atoms with Gasteiger partial charge < -0.3 is 9.84 Å². The molecule has 20 heavy (non-hydrogen) atoms. The fourth-order valence-corrected chi connectivity index (χ4v) is 1.48. The highest BCUT2D eigenvalue weighted by molar-refractivity contribution is 5.88. The molecule has 0 saturated heterocycles. The maximum absolute atomic E-state index is 12.5. The Labute approximate surface area is 110 Å². The molecule has 0 spiro atoms. The summed E-state index contributed by atoms with van der Waals surface area (Å²) in [5, 5.41) is 15.8. The van der Waals surface area contributed by atoms with Gasteiger partial charge in [-0.1, -0.05) is 16.4 Å². The molecule has 0 bridgehead atoms. The Morgan fingerprint density at radius 1 is 1.40 bits per heavy atom. The Hall–Kier alpha value is -2.58. The summed E-state index contributed by atoms with van der Waals surface area (Å²) in [6.07, 6.45) is -4.52. The molecule has 0 atom stereocenters. The SMILES string of the molecule is Cn1nnc(Oc2cccc(C(F)(F)F)c2)c1C(=O)O. The average Bonchev–Trinajstić information content (AvgIpc) is 2.69. The van der Waals surface area contributed by atoms with Gasteiger partial charge >= 0.3 is 12.1 Å². The zero-order chi connectivity index (χ0) is 14.9. The fraction of sp³-hybridized carbons (Fsp3) is 0.182. The molecule has 6 nitrogen and oxygen atoms in total. The van der Waals surface area contributed by atoms with E-state index >= 15 is 0 Å². The van der Waals surface area contributed by atoms with E-state index in [2.05, 4.69) is 10.3 Å². The van der Waals surface area contributed by atoms with E-state index < -0.39 is 17.7 Å². The van der Waals surface area contributed by atoms with Gasteiger partial charge in [-0.25, -0.2) is 9.48 Å². The van der Waals surface area contributed by atoms with Gasteiger partial charge in [0.15, 0.2) is 0 Å². The Bertz CT molecular complexity index is 652. The largest absolute Gasteiger partial charge is 0.476 e. The second-order valence-corrected chi connectivity index (χ2v) is 3.80. The number of nitrogens with zero attached hydrogens (tertiary/aromatic N) is 3. The van der Waals surface area contributed by atoms with Crippen molar-refractivity contribution in [3.05, 3.63) is 35.5 Å². The third-order valence-electron chi connectivity index (χ3n) is 2.37. The lowest BCUT2D eigenvalue weighted by Gasteiger charge is -2.08. The van der Waals surface area contributed by atoms with Crippen LogP contribution in [0, 0.1) is 0 Å². The number of ether oxygens (including phenoxy) is 1. The molecule has 0 aliphatic carbocycles. The Morgan fingerprint density at radius 2 is 2.10 bits per heavy atom. The number of carboxylic acids is 1. The molecule has 0 radical (unpaired) electrons. The minimum Gasteiger partial charge on any atom is -0.476 e. The Morgan fingerprint density at radius 3 is 2.70 bits per heavy atom. The first-order chi connectivity index (χ1) is 9.29. The molecular formula is C11H8F3N3O3. The third-order valence-corrected chi connectivity index (χ3v) is 2.37. The van der Waals surface area contributed by atoms with Gasteiger partial charge in [-0.2, -0.15) is 13.2 Å². The molecule has 0 amide bonds. The summed E-state index contributed by atoms with van der Waals surface area (Å²) in [6.45, 7) is 0. The van der Waals surface area contributed by atoms with Crippen LogP contribution >= 0.6 is 0 Å². The highest BCUT2D eigenvalue weighted by Crippen LogP contribution is 2.32. The Kier molecular flexibility index (Phi) is 3.35. The van der Waals surface area contributed by atoms with Gasteiger partial charge in [0, 0.05) is 7.05 Å². The highest BCUT2D eigenvalue weighted by Gasteiger charge is 2.31. The molecular weight excluding hydrogens is 279 g/mol. The van der Waals surface area contributed by atoms with Crippen molar-refractivity contribution in [3.8, 4) is 11.6 Å². The maximum atomic E-state index is 12.5. The molecule has 9 heteroatoms. The standard InChI is InChI=1S/C11H8F3N3O3/c1-17-8(10(18)19)9(15-16-17)20-7-4-2-3-6(5-7)11(12,13)14/h2-5H,1H3,(H,18,19). The number of rotatable bonds is 3. The summed E-state index contributed by atoms with van der Waals surface area (Å²) in [7, 11) is 1.33. The molecule has 1 aromatic heterocycles. The van der Waals surface area contributed by atoms with Crippen LogP contribution in [0.3, 0.4) is 0 Å². The molecule has 0 aliphatic rings. The lowest BCUT2D eigenvalue weighted by atomic mass is 10.2. The molecule has 1 aromatic carbocycles. The van der Waals surface area contributed by atoms with Gasteiger partial charge in [-0.15, -0.1) is 0 Å². The predicted molar refractivity (Wildman–Crippen MR) is 59.5 cm³/mol.